The molecule has 5 fully saturated rings. The zero-order valence-electron chi connectivity index (χ0n) is 17.5. The van der Waals surface area contributed by atoms with Crippen LogP contribution in [0.25, 0.3) is 0 Å². The summed E-state index contributed by atoms with van der Waals surface area (Å²) in [6.45, 7) is 2.83. The fraction of sp³-hybridized carbons (Fsp3) is 0.727. The molecule has 0 radical (unpaired) electrons. The quantitative estimate of drug-likeness (QED) is 0.733. The second-order valence-corrected chi connectivity index (χ2v) is 11.5. The Bertz CT molecular complexity index is 842. The van der Waals surface area contributed by atoms with Gasteiger partial charge in [-0.3, -0.25) is 4.90 Å². The van der Waals surface area contributed by atoms with E-state index in [2.05, 4.69) is 4.90 Å². The van der Waals surface area contributed by atoms with Crippen LogP contribution >= 0.6 is 0 Å². The van der Waals surface area contributed by atoms with Crippen molar-refractivity contribution < 1.29 is 17.9 Å². The summed E-state index contributed by atoms with van der Waals surface area (Å²) in [5.41, 5.74) is 0.355. The van der Waals surface area contributed by atoms with Crippen LogP contribution in [0.2, 0.25) is 0 Å². The van der Waals surface area contributed by atoms with Gasteiger partial charge in [0.25, 0.3) is 0 Å². The largest absolute Gasteiger partial charge is 0.493 e. The highest BCUT2D eigenvalue weighted by Gasteiger charge is 2.53. The zero-order chi connectivity index (χ0) is 20.2. The minimum absolute atomic E-state index is 0.276. The number of hydrogen-bond donors (Lipinski definition) is 0. The van der Waals surface area contributed by atoms with Gasteiger partial charge in [0.15, 0.2) is 11.5 Å². The van der Waals surface area contributed by atoms with Crippen molar-refractivity contribution in [3.8, 4) is 11.5 Å². The van der Waals surface area contributed by atoms with Crippen LogP contribution in [0.4, 0.5) is 0 Å². The molecule has 0 N–H and O–H groups in total. The van der Waals surface area contributed by atoms with E-state index in [0.717, 1.165) is 30.8 Å². The molecule has 7 heteroatoms. The van der Waals surface area contributed by atoms with E-state index < -0.39 is 10.0 Å². The van der Waals surface area contributed by atoms with Crippen molar-refractivity contribution in [3.63, 3.8) is 0 Å². The Morgan fingerprint density at radius 1 is 0.862 bits per heavy atom. The molecule has 1 aromatic carbocycles. The van der Waals surface area contributed by atoms with Gasteiger partial charge in [-0.1, -0.05) is 0 Å². The number of sulfonamides is 1. The molecule has 4 saturated carbocycles. The first-order valence-corrected chi connectivity index (χ1v) is 12.3. The molecular formula is C22H32N2O4S. The van der Waals surface area contributed by atoms with Gasteiger partial charge in [-0.25, -0.2) is 8.42 Å². The van der Waals surface area contributed by atoms with E-state index in [1.807, 2.05) is 0 Å². The molecule has 5 aliphatic rings. The lowest BCUT2D eigenvalue weighted by Gasteiger charge is -2.61. The van der Waals surface area contributed by atoms with Crippen LogP contribution in [0.3, 0.4) is 0 Å². The first kappa shape index (κ1) is 19.6. The monoisotopic (exact) mass is 420 g/mol. The van der Waals surface area contributed by atoms with Gasteiger partial charge in [0.05, 0.1) is 19.1 Å². The van der Waals surface area contributed by atoms with Crippen LogP contribution < -0.4 is 9.47 Å². The first-order chi connectivity index (χ1) is 13.9. The lowest BCUT2D eigenvalue weighted by Crippen LogP contribution is -2.64. The molecule has 0 aromatic heterocycles. The predicted octanol–water partition coefficient (Wildman–Crippen LogP) is 2.98. The normalized spacial score (nSPS) is 35.0. The summed E-state index contributed by atoms with van der Waals surface area (Å²) >= 11 is 0. The minimum atomic E-state index is -3.53. The Labute approximate surface area is 174 Å². The maximum absolute atomic E-state index is 13.2. The Morgan fingerprint density at radius 2 is 1.41 bits per heavy atom. The fourth-order valence-corrected chi connectivity index (χ4v) is 8.42. The van der Waals surface area contributed by atoms with Gasteiger partial charge < -0.3 is 9.47 Å². The highest BCUT2D eigenvalue weighted by molar-refractivity contribution is 7.89. The lowest BCUT2D eigenvalue weighted by atomic mass is 9.52. The Kier molecular flexibility index (Phi) is 4.83. The van der Waals surface area contributed by atoms with E-state index in [1.54, 1.807) is 29.6 Å². The summed E-state index contributed by atoms with van der Waals surface area (Å²) in [7, 11) is -0.450. The fourth-order valence-electron chi connectivity index (χ4n) is 6.98. The Morgan fingerprint density at radius 3 is 1.93 bits per heavy atom. The van der Waals surface area contributed by atoms with Gasteiger partial charge in [-0.2, -0.15) is 4.31 Å². The van der Waals surface area contributed by atoms with Gasteiger partial charge in [-0.05, 0) is 68.4 Å². The molecule has 0 spiro atoms. The lowest BCUT2D eigenvalue weighted by molar-refractivity contribution is -0.0964. The van der Waals surface area contributed by atoms with E-state index in [9.17, 15) is 8.42 Å². The average molecular weight is 421 g/mol. The molecule has 1 aromatic rings. The zero-order valence-corrected chi connectivity index (χ0v) is 18.3. The van der Waals surface area contributed by atoms with Gasteiger partial charge in [0, 0.05) is 37.8 Å². The number of benzene rings is 1. The number of nitrogens with zero attached hydrogens (tertiary/aromatic N) is 2. The average Bonchev–Trinajstić information content (AvgIpc) is 2.72. The van der Waals surface area contributed by atoms with Crippen molar-refractivity contribution in [2.24, 2.45) is 17.8 Å². The minimum Gasteiger partial charge on any atom is -0.493 e. The SMILES string of the molecule is COc1ccc(S(=O)(=O)N2CCN(C34CC5CC(CC(C5)C3)C4)CC2)cc1OC. The van der Waals surface area contributed by atoms with Crippen LogP contribution in [0.1, 0.15) is 38.5 Å². The Balaban J connectivity index is 1.30. The maximum Gasteiger partial charge on any atom is 0.243 e. The molecule has 1 heterocycles. The van der Waals surface area contributed by atoms with E-state index in [-0.39, 0.29) is 4.90 Å². The van der Waals surface area contributed by atoms with E-state index in [4.69, 9.17) is 9.47 Å². The summed E-state index contributed by atoms with van der Waals surface area (Å²) in [6, 6.07) is 4.85. The van der Waals surface area contributed by atoms with Crippen molar-refractivity contribution in [3.05, 3.63) is 18.2 Å². The summed E-state index contributed by atoms with van der Waals surface area (Å²) in [6.07, 6.45) is 8.32. The maximum atomic E-state index is 13.2. The third-order valence-electron chi connectivity index (χ3n) is 7.91. The molecule has 1 aliphatic heterocycles. The highest BCUT2D eigenvalue weighted by atomic mass is 32.2. The van der Waals surface area contributed by atoms with Crippen LogP contribution in [0.5, 0.6) is 11.5 Å². The highest BCUT2D eigenvalue weighted by Crippen LogP contribution is 2.57. The van der Waals surface area contributed by atoms with Crippen molar-refractivity contribution in [1.82, 2.24) is 9.21 Å². The number of piperazine rings is 1. The number of ether oxygens (including phenoxy) is 2. The molecule has 4 aliphatic carbocycles. The molecular weight excluding hydrogens is 388 g/mol. The second kappa shape index (κ2) is 7.13. The number of rotatable bonds is 5. The third kappa shape index (κ3) is 3.26. The smallest absolute Gasteiger partial charge is 0.243 e. The van der Waals surface area contributed by atoms with E-state index >= 15 is 0 Å². The van der Waals surface area contributed by atoms with Gasteiger partial charge in [0.2, 0.25) is 10.0 Å². The van der Waals surface area contributed by atoms with Crippen LogP contribution in [0, 0.1) is 17.8 Å². The topological polar surface area (TPSA) is 59.1 Å². The second-order valence-electron chi connectivity index (χ2n) is 9.55. The third-order valence-corrected chi connectivity index (χ3v) is 9.80. The van der Waals surface area contributed by atoms with E-state index in [1.165, 1.54) is 45.6 Å². The Hall–Kier alpha value is -1.31. The molecule has 29 heavy (non-hydrogen) atoms. The summed E-state index contributed by atoms with van der Waals surface area (Å²) in [4.78, 5) is 2.93. The van der Waals surface area contributed by atoms with Crippen LogP contribution in [-0.4, -0.2) is 63.6 Å². The van der Waals surface area contributed by atoms with Crippen molar-refractivity contribution in [2.75, 3.05) is 40.4 Å². The molecule has 6 rings (SSSR count). The van der Waals surface area contributed by atoms with Crippen LogP contribution in [-0.2, 0) is 10.0 Å². The summed E-state index contributed by atoms with van der Waals surface area (Å²) < 4.78 is 38.6. The predicted molar refractivity (Wildman–Crippen MR) is 111 cm³/mol. The number of methoxy groups -OCH3 is 2. The molecule has 160 valence electrons. The molecule has 6 nitrogen and oxygen atoms in total. The van der Waals surface area contributed by atoms with E-state index in [0.29, 0.717) is 30.1 Å². The van der Waals surface area contributed by atoms with Gasteiger partial charge >= 0.3 is 0 Å². The van der Waals surface area contributed by atoms with Crippen molar-refractivity contribution in [2.45, 2.75) is 49.0 Å². The first-order valence-electron chi connectivity index (χ1n) is 10.9. The molecule has 0 unspecified atom stereocenters. The standard InChI is InChI=1S/C22H32N2O4S/c1-27-20-4-3-19(12-21(20)28-2)29(25,26)24-7-5-23(6-8-24)22-13-16-9-17(14-22)11-18(10-16)15-22/h3-4,12,16-18H,5-11,13-15H2,1-2H3. The van der Waals surface area contributed by atoms with Crippen LogP contribution in [0.15, 0.2) is 23.1 Å². The number of hydrogen-bond acceptors (Lipinski definition) is 5. The van der Waals surface area contributed by atoms with Crippen molar-refractivity contribution in [1.29, 1.82) is 0 Å². The molecule has 0 atom stereocenters. The summed E-state index contributed by atoms with van der Waals surface area (Å²) in [5.74, 6) is 3.72. The molecule has 0 amide bonds. The van der Waals surface area contributed by atoms with Gasteiger partial charge in [0.1, 0.15) is 0 Å². The molecule has 1 saturated heterocycles. The summed E-state index contributed by atoms with van der Waals surface area (Å²) in [5, 5.41) is 0. The van der Waals surface area contributed by atoms with Gasteiger partial charge in [-0.15, -0.1) is 0 Å². The van der Waals surface area contributed by atoms with Crippen molar-refractivity contribution >= 4 is 10.0 Å². The molecule has 4 bridgehead atoms.